The summed E-state index contributed by atoms with van der Waals surface area (Å²) in [5.41, 5.74) is 1.70. The number of nitrogens with one attached hydrogen (secondary N) is 1. The van der Waals surface area contributed by atoms with Crippen LogP contribution in [0, 0.1) is 6.92 Å². The Balaban J connectivity index is 1.45. The molecule has 0 radical (unpaired) electrons. The average Bonchev–Trinajstić information content (AvgIpc) is 3.17. The van der Waals surface area contributed by atoms with Gasteiger partial charge in [0.05, 0.1) is 22.1 Å². The van der Waals surface area contributed by atoms with E-state index in [0.717, 1.165) is 18.5 Å². The van der Waals surface area contributed by atoms with Crippen molar-refractivity contribution in [1.29, 1.82) is 0 Å². The Kier molecular flexibility index (Phi) is 6.28. The number of rotatable bonds is 6. The molecule has 0 aliphatic carbocycles. The number of sulfonamides is 1. The zero-order valence-electron chi connectivity index (χ0n) is 18.5. The molecule has 1 aliphatic heterocycles. The standard InChI is InChI=1S/C23H25N5O4S/c1-16-6-3-9-19-22(16)24-15-28(23(19)30)13-11-21(29)25-17-7-4-8-18(14-17)33(31,32)26-20-10-5-12-27(20)2/h3-4,6-9,14-15H,5,10-13H2,1-2H3,(H,25,29)/b26-20-. The summed E-state index contributed by atoms with van der Waals surface area (Å²) >= 11 is 0. The number of amidine groups is 1. The molecule has 1 saturated heterocycles. The second-order valence-electron chi connectivity index (χ2n) is 8.05. The number of carbonyl (C=O) groups excluding carboxylic acids is 1. The van der Waals surface area contributed by atoms with E-state index in [9.17, 15) is 18.0 Å². The molecule has 9 nitrogen and oxygen atoms in total. The Morgan fingerprint density at radius 3 is 2.76 bits per heavy atom. The van der Waals surface area contributed by atoms with Gasteiger partial charge in [0.1, 0.15) is 5.84 Å². The summed E-state index contributed by atoms with van der Waals surface area (Å²) in [6, 6.07) is 11.4. The van der Waals surface area contributed by atoms with E-state index in [1.54, 1.807) is 24.3 Å². The third kappa shape index (κ3) is 4.95. The topological polar surface area (TPSA) is 114 Å². The lowest BCUT2D eigenvalue weighted by Gasteiger charge is -2.11. The number of fused-ring (bicyclic) bond motifs is 1. The smallest absolute Gasteiger partial charge is 0.284 e. The van der Waals surface area contributed by atoms with Crippen LogP contribution in [0.5, 0.6) is 0 Å². The highest BCUT2D eigenvalue weighted by Gasteiger charge is 2.20. The highest BCUT2D eigenvalue weighted by Crippen LogP contribution is 2.20. The number of benzene rings is 2. The van der Waals surface area contributed by atoms with E-state index in [0.29, 0.717) is 28.8 Å². The van der Waals surface area contributed by atoms with Gasteiger partial charge in [-0.15, -0.1) is 4.40 Å². The molecule has 1 aromatic heterocycles. The van der Waals surface area contributed by atoms with Gasteiger partial charge in [0.2, 0.25) is 5.91 Å². The number of carbonyl (C=O) groups is 1. The van der Waals surface area contributed by atoms with Gasteiger partial charge in [-0.25, -0.2) is 4.98 Å². The van der Waals surface area contributed by atoms with Gasteiger partial charge in [0, 0.05) is 38.7 Å². The molecular formula is C23H25N5O4S. The highest BCUT2D eigenvalue weighted by atomic mass is 32.2. The summed E-state index contributed by atoms with van der Waals surface area (Å²) in [6.07, 6.45) is 2.96. The Morgan fingerprint density at radius 1 is 1.21 bits per heavy atom. The van der Waals surface area contributed by atoms with Crippen LogP contribution in [-0.2, 0) is 21.4 Å². The Labute approximate surface area is 191 Å². The summed E-state index contributed by atoms with van der Waals surface area (Å²) < 4.78 is 30.7. The molecule has 33 heavy (non-hydrogen) atoms. The van der Waals surface area contributed by atoms with E-state index in [1.807, 2.05) is 24.9 Å². The second kappa shape index (κ2) is 9.14. The maximum atomic E-state index is 12.7. The quantitative estimate of drug-likeness (QED) is 0.596. The predicted molar refractivity (Wildman–Crippen MR) is 127 cm³/mol. The van der Waals surface area contributed by atoms with Crippen molar-refractivity contribution < 1.29 is 13.2 Å². The first kappa shape index (κ1) is 22.7. The minimum atomic E-state index is -3.88. The number of para-hydroxylation sites is 1. The van der Waals surface area contributed by atoms with Crippen LogP contribution in [0.25, 0.3) is 10.9 Å². The molecule has 0 unspecified atom stereocenters. The number of nitrogens with zero attached hydrogens (tertiary/aromatic N) is 4. The van der Waals surface area contributed by atoms with Crippen molar-refractivity contribution in [2.75, 3.05) is 18.9 Å². The maximum absolute atomic E-state index is 12.7. The van der Waals surface area contributed by atoms with Crippen molar-refractivity contribution in [2.24, 2.45) is 4.40 Å². The molecule has 1 fully saturated rings. The van der Waals surface area contributed by atoms with E-state index in [4.69, 9.17) is 0 Å². The Hall–Kier alpha value is -3.53. The molecule has 0 saturated carbocycles. The van der Waals surface area contributed by atoms with Crippen LogP contribution in [0.3, 0.4) is 0 Å². The summed E-state index contributed by atoms with van der Waals surface area (Å²) in [5.74, 6) is 0.191. The molecule has 10 heteroatoms. The highest BCUT2D eigenvalue weighted by molar-refractivity contribution is 7.90. The normalized spacial score (nSPS) is 15.3. The molecule has 2 aromatic carbocycles. The number of anilines is 1. The van der Waals surface area contributed by atoms with Gasteiger partial charge in [-0.3, -0.25) is 14.2 Å². The van der Waals surface area contributed by atoms with Crippen molar-refractivity contribution in [3.63, 3.8) is 0 Å². The Bertz CT molecular complexity index is 1410. The number of aryl methyl sites for hydroxylation is 2. The van der Waals surface area contributed by atoms with Gasteiger partial charge in [0.25, 0.3) is 15.6 Å². The SMILES string of the molecule is Cc1cccc2c(=O)n(CCC(=O)Nc3cccc(S(=O)(=O)/N=C4/CCCN4C)c3)cnc12. The van der Waals surface area contributed by atoms with Crippen molar-refractivity contribution in [1.82, 2.24) is 14.5 Å². The van der Waals surface area contributed by atoms with E-state index in [2.05, 4.69) is 14.7 Å². The fourth-order valence-corrected chi connectivity index (χ4v) is 4.92. The first-order chi connectivity index (χ1) is 15.7. The van der Waals surface area contributed by atoms with Crippen molar-refractivity contribution in [3.8, 4) is 0 Å². The predicted octanol–water partition coefficient (Wildman–Crippen LogP) is 2.55. The lowest BCUT2D eigenvalue weighted by Crippen LogP contribution is -2.24. The lowest BCUT2D eigenvalue weighted by atomic mass is 10.1. The van der Waals surface area contributed by atoms with E-state index < -0.39 is 10.0 Å². The summed E-state index contributed by atoms with van der Waals surface area (Å²) in [6.45, 7) is 2.82. The fraction of sp³-hybridized carbons (Fsp3) is 0.304. The first-order valence-electron chi connectivity index (χ1n) is 10.6. The number of likely N-dealkylation sites (tertiary alicyclic amines) is 1. The van der Waals surface area contributed by atoms with Gasteiger partial charge < -0.3 is 10.2 Å². The molecule has 2 heterocycles. The molecule has 172 valence electrons. The Morgan fingerprint density at radius 2 is 2.00 bits per heavy atom. The van der Waals surface area contributed by atoms with E-state index in [-0.39, 0.29) is 29.3 Å². The number of hydrogen-bond donors (Lipinski definition) is 1. The van der Waals surface area contributed by atoms with Crippen LogP contribution in [-0.4, -0.2) is 48.2 Å². The minimum Gasteiger partial charge on any atom is -0.362 e. The number of hydrogen-bond acceptors (Lipinski definition) is 5. The summed E-state index contributed by atoms with van der Waals surface area (Å²) in [4.78, 5) is 31.3. The molecule has 0 spiro atoms. The zero-order valence-corrected chi connectivity index (χ0v) is 19.3. The average molecular weight is 468 g/mol. The molecule has 1 N–H and O–H groups in total. The van der Waals surface area contributed by atoms with Gasteiger partial charge in [-0.2, -0.15) is 8.42 Å². The van der Waals surface area contributed by atoms with Crippen LogP contribution in [0.2, 0.25) is 0 Å². The van der Waals surface area contributed by atoms with Gasteiger partial charge in [-0.05, 0) is 43.2 Å². The fourth-order valence-electron chi connectivity index (χ4n) is 3.78. The molecule has 1 aliphatic rings. The lowest BCUT2D eigenvalue weighted by molar-refractivity contribution is -0.116. The van der Waals surface area contributed by atoms with Crippen LogP contribution in [0.15, 0.2) is 62.9 Å². The van der Waals surface area contributed by atoms with E-state index >= 15 is 0 Å². The number of amides is 1. The monoisotopic (exact) mass is 467 g/mol. The first-order valence-corrected chi connectivity index (χ1v) is 12.1. The van der Waals surface area contributed by atoms with Crippen LogP contribution >= 0.6 is 0 Å². The van der Waals surface area contributed by atoms with Gasteiger partial charge >= 0.3 is 0 Å². The van der Waals surface area contributed by atoms with Crippen molar-refractivity contribution in [3.05, 3.63) is 64.7 Å². The molecule has 0 bridgehead atoms. The van der Waals surface area contributed by atoms with Crippen LogP contribution in [0.4, 0.5) is 5.69 Å². The largest absolute Gasteiger partial charge is 0.362 e. The van der Waals surface area contributed by atoms with Crippen LogP contribution in [0.1, 0.15) is 24.8 Å². The van der Waals surface area contributed by atoms with Gasteiger partial charge in [0.15, 0.2) is 0 Å². The zero-order chi connectivity index (χ0) is 23.6. The van der Waals surface area contributed by atoms with Crippen LogP contribution < -0.4 is 10.9 Å². The van der Waals surface area contributed by atoms with E-state index in [1.165, 1.54) is 23.0 Å². The van der Waals surface area contributed by atoms with Crippen molar-refractivity contribution in [2.45, 2.75) is 37.6 Å². The molecule has 4 rings (SSSR count). The third-order valence-corrected chi connectivity index (χ3v) is 6.91. The van der Waals surface area contributed by atoms with Gasteiger partial charge in [-0.1, -0.05) is 18.2 Å². The maximum Gasteiger partial charge on any atom is 0.284 e. The molecule has 0 atom stereocenters. The molecular weight excluding hydrogens is 442 g/mol. The summed E-state index contributed by atoms with van der Waals surface area (Å²) in [5, 5.41) is 3.20. The molecule has 1 amide bonds. The second-order valence-corrected chi connectivity index (χ2v) is 9.65. The molecule has 3 aromatic rings. The third-order valence-electron chi connectivity index (χ3n) is 5.61. The minimum absolute atomic E-state index is 0.0124. The summed E-state index contributed by atoms with van der Waals surface area (Å²) in [7, 11) is -2.06. The van der Waals surface area contributed by atoms with Crippen molar-refractivity contribution >= 4 is 38.4 Å². The number of aromatic nitrogens is 2.